The van der Waals surface area contributed by atoms with Gasteiger partial charge in [-0.15, -0.1) is 0 Å². The van der Waals surface area contributed by atoms with Crippen molar-refractivity contribution in [3.63, 3.8) is 0 Å². The van der Waals surface area contributed by atoms with E-state index in [1.54, 1.807) is 6.08 Å². The molecule has 3 nitrogen and oxygen atoms in total. The zero-order chi connectivity index (χ0) is 18.7. The molecule has 1 heterocycles. The molecule has 2 aliphatic rings. The van der Waals surface area contributed by atoms with E-state index in [9.17, 15) is 4.79 Å². The zero-order valence-electron chi connectivity index (χ0n) is 14.2. The van der Waals surface area contributed by atoms with Crippen LogP contribution < -0.4 is 4.74 Å². The van der Waals surface area contributed by atoms with Crippen molar-refractivity contribution < 1.29 is 9.53 Å². The standard InChI is InChI=1S/C19H19Br2NO2S2/c1-2-8-24-17-14(20)9-12(10-15(17)21)11-16-18(23)22(19(25)26-16)13-6-4-3-5-7-13/h2,9-11,13H,1,3-8H2. The molecule has 1 aliphatic carbocycles. The summed E-state index contributed by atoms with van der Waals surface area (Å²) in [5.41, 5.74) is 0.916. The molecule has 7 heteroatoms. The van der Waals surface area contributed by atoms with Crippen molar-refractivity contribution in [1.82, 2.24) is 4.90 Å². The molecule has 1 saturated heterocycles. The first-order valence-electron chi connectivity index (χ1n) is 8.51. The third-order valence-corrected chi connectivity index (χ3v) is 6.94. The van der Waals surface area contributed by atoms with Crippen molar-refractivity contribution in [2.75, 3.05) is 6.61 Å². The van der Waals surface area contributed by atoms with E-state index in [0.29, 0.717) is 15.8 Å². The third kappa shape index (κ3) is 4.43. The Hall–Kier alpha value is -0.630. The van der Waals surface area contributed by atoms with Crippen LogP contribution in [0.15, 0.2) is 38.6 Å². The Morgan fingerprint density at radius 1 is 1.27 bits per heavy atom. The van der Waals surface area contributed by atoms with Gasteiger partial charge in [0.1, 0.15) is 16.7 Å². The minimum absolute atomic E-state index is 0.0335. The highest BCUT2D eigenvalue weighted by atomic mass is 79.9. The Bertz CT molecular complexity index is 750. The fraction of sp³-hybridized carbons (Fsp3) is 0.368. The number of hydrogen-bond donors (Lipinski definition) is 0. The van der Waals surface area contributed by atoms with Crippen LogP contribution in [0, 0.1) is 0 Å². The van der Waals surface area contributed by atoms with Gasteiger partial charge < -0.3 is 4.74 Å². The Morgan fingerprint density at radius 3 is 2.54 bits per heavy atom. The smallest absolute Gasteiger partial charge is 0.266 e. The molecule has 1 aromatic rings. The van der Waals surface area contributed by atoms with Gasteiger partial charge in [0.2, 0.25) is 0 Å². The molecule has 0 spiro atoms. The molecule has 0 atom stereocenters. The largest absolute Gasteiger partial charge is 0.487 e. The van der Waals surface area contributed by atoms with Crippen molar-refractivity contribution in [1.29, 1.82) is 0 Å². The molecule has 1 saturated carbocycles. The fourth-order valence-corrected chi connectivity index (χ4v) is 6.08. The Morgan fingerprint density at radius 2 is 1.92 bits per heavy atom. The molecule has 1 aromatic carbocycles. The predicted octanol–water partition coefficient (Wildman–Crippen LogP) is 6.31. The highest BCUT2D eigenvalue weighted by molar-refractivity contribution is 9.11. The lowest BCUT2D eigenvalue weighted by atomic mass is 9.94. The number of carbonyl (C=O) groups excluding carboxylic acids is 1. The monoisotopic (exact) mass is 515 g/mol. The van der Waals surface area contributed by atoms with Crippen molar-refractivity contribution in [3.8, 4) is 5.75 Å². The SMILES string of the molecule is C=CCOc1c(Br)cc(C=C2SC(=S)N(C3CCCCC3)C2=O)cc1Br. The highest BCUT2D eigenvalue weighted by Crippen LogP contribution is 2.39. The molecule has 0 N–H and O–H groups in total. The summed E-state index contributed by atoms with van der Waals surface area (Å²) in [6, 6.07) is 4.14. The summed E-state index contributed by atoms with van der Waals surface area (Å²) in [4.78, 5) is 15.4. The maximum absolute atomic E-state index is 12.9. The van der Waals surface area contributed by atoms with Crippen LogP contribution in [0.1, 0.15) is 37.7 Å². The quantitative estimate of drug-likeness (QED) is 0.260. The molecule has 3 rings (SSSR count). The summed E-state index contributed by atoms with van der Waals surface area (Å²) in [6.07, 6.45) is 9.29. The zero-order valence-corrected chi connectivity index (χ0v) is 19.0. The Balaban J connectivity index is 1.82. The van der Waals surface area contributed by atoms with Crippen LogP contribution in [0.25, 0.3) is 6.08 Å². The molecule has 0 radical (unpaired) electrons. The lowest BCUT2D eigenvalue weighted by Crippen LogP contribution is -2.39. The fourth-order valence-electron chi connectivity index (χ4n) is 3.23. The number of benzene rings is 1. The number of thioether (sulfide) groups is 1. The lowest BCUT2D eigenvalue weighted by molar-refractivity contribution is -0.124. The number of ether oxygens (including phenoxy) is 1. The van der Waals surface area contributed by atoms with E-state index in [4.69, 9.17) is 17.0 Å². The summed E-state index contributed by atoms with van der Waals surface area (Å²) < 4.78 is 7.96. The first-order valence-corrected chi connectivity index (χ1v) is 11.3. The second kappa shape index (κ2) is 9.04. The molecular formula is C19H19Br2NO2S2. The van der Waals surface area contributed by atoms with Crippen molar-refractivity contribution in [3.05, 3.63) is 44.2 Å². The van der Waals surface area contributed by atoms with Gasteiger partial charge in [-0.05, 0) is 68.5 Å². The van der Waals surface area contributed by atoms with Crippen molar-refractivity contribution >= 4 is 72.1 Å². The van der Waals surface area contributed by atoms with Crippen LogP contribution in [-0.4, -0.2) is 27.8 Å². The molecule has 26 heavy (non-hydrogen) atoms. The molecule has 2 fully saturated rings. The molecule has 0 aromatic heterocycles. The number of thiocarbonyl (C=S) groups is 1. The van der Waals surface area contributed by atoms with Gasteiger partial charge in [0, 0.05) is 6.04 Å². The van der Waals surface area contributed by atoms with Crippen LogP contribution in [0.2, 0.25) is 0 Å². The van der Waals surface area contributed by atoms with E-state index >= 15 is 0 Å². The van der Waals surface area contributed by atoms with Gasteiger partial charge in [-0.1, -0.05) is 55.9 Å². The van der Waals surface area contributed by atoms with Crippen LogP contribution in [-0.2, 0) is 4.79 Å². The molecule has 1 aliphatic heterocycles. The lowest BCUT2D eigenvalue weighted by Gasteiger charge is -2.29. The van der Waals surface area contributed by atoms with Crippen LogP contribution in [0.5, 0.6) is 5.75 Å². The first kappa shape index (κ1) is 20.1. The topological polar surface area (TPSA) is 29.5 Å². The van der Waals surface area contributed by atoms with Gasteiger partial charge in [-0.25, -0.2) is 0 Å². The highest BCUT2D eigenvalue weighted by Gasteiger charge is 2.37. The number of carbonyl (C=O) groups is 1. The molecule has 0 bridgehead atoms. The van der Waals surface area contributed by atoms with E-state index in [0.717, 1.165) is 33.1 Å². The van der Waals surface area contributed by atoms with E-state index in [-0.39, 0.29) is 11.9 Å². The second-order valence-corrected chi connectivity index (χ2v) is 9.64. The summed E-state index contributed by atoms with van der Waals surface area (Å²) >= 11 is 13.9. The van der Waals surface area contributed by atoms with Crippen LogP contribution in [0.3, 0.4) is 0 Å². The van der Waals surface area contributed by atoms with Crippen molar-refractivity contribution in [2.45, 2.75) is 38.1 Å². The van der Waals surface area contributed by atoms with Crippen molar-refractivity contribution in [2.24, 2.45) is 0 Å². The summed E-state index contributed by atoms with van der Waals surface area (Å²) in [6.45, 7) is 4.09. The number of rotatable bonds is 5. The Labute approximate surface area is 180 Å². The Kier molecular flexibility index (Phi) is 6.99. The molecule has 1 amide bonds. The van der Waals surface area contributed by atoms with Gasteiger partial charge in [0.05, 0.1) is 13.9 Å². The van der Waals surface area contributed by atoms with E-state index in [2.05, 4.69) is 38.4 Å². The number of nitrogens with zero attached hydrogens (tertiary/aromatic N) is 1. The summed E-state index contributed by atoms with van der Waals surface area (Å²) in [7, 11) is 0. The minimum atomic E-state index is 0.0335. The van der Waals surface area contributed by atoms with Gasteiger partial charge in [-0.3, -0.25) is 9.69 Å². The average Bonchev–Trinajstić information content (AvgIpc) is 2.88. The number of hydrogen-bond acceptors (Lipinski definition) is 4. The van der Waals surface area contributed by atoms with Gasteiger partial charge in [0.25, 0.3) is 5.91 Å². The van der Waals surface area contributed by atoms with Gasteiger partial charge in [-0.2, -0.15) is 0 Å². The van der Waals surface area contributed by atoms with E-state index in [1.807, 2.05) is 23.1 Å². The summed E-state index contributed by atoms with van der Waals surface area (Å²) in [5, 5.41) is 0. The molecule has 0 unspecified atom stereocenters. The van der Waals surface area contributed by atoms with Crippen LogP contribution >= 0.6 is 55.8 Å². The third-order valence-electron chi connectivity index (χ3n) is 4.43. The van der Waals surface area contributed by atoms with E-state index in [1.165, 1.54) is 31.0 Å². The second-order valence-electron chi connectivity index (χ2n) is 6.26. The van der Waals surface area contributed by atoms with Crippen LogP contribution in [0.4, 0.5) is 0 Å². The average molecular weight is 517 g/mol. The van der Waals surface area contributed by atoms with Gasteiger partial charge in [0.15, 0.2) is 0 Å². The van der Waals surface area contributed by atoms with E-state index < -0.39 is 0 Å². The minimum Gasteiger partial charge on any atom is -0.487 e. The summed E-state index contributed by atoms with van der Waals surface area (Å²) in [5.74, 6) is 0.753. The normalized spacial score (nSPS) is 20.1. The molecular weight excluding hydrogens is 498 g/mol. The number of amides is 1. The maximum atomic E-state index is 12.9. The predicted molar refractivity (Wildman–Crippen MR) is 119 cm³/mol. The molecule has 138 valence electrons. The number of halogens is 2. The maximum Gasteiger partial charge on any atom is 0.266 e. The van der Waals surface area contributed by atoms with Gasteiger partial charge >= 0.3 is 0 Å². The first-order chi connectivity index (χ1) is 12.5.